The van der Waals surface area contributed by atoms with E-state index in [2.05, 4.69) is 178 Å². The fourth-order valence-corrected chi connectivity index (χ4v) is 7.94. The standard InChI is InChI=1S/C44H32N4/c1-3-13-29(14-4-1)43-44(46-38-20-10-9-19-37(38)45-43)48-40-22-12-8-18-34(40)36-28-31(24-26-42(36)48)30-23-25-41-35(27-30)33-17-7-11-21-39(33)47(41)32-15-5-2-6-16-32/h1-26,28,30,44,46H,27H2. The molecule has 0 amide bonds. The van der Waals surface area contributed by atoms with E-state index in [1.165, 1.54) is 55.2 Å². The van der Waals surface area contributed by atoms with Crippen LogP contribution in [0.4, 0.5) is 11.4 Å². The van der Waals surface area contributed by atoms with E-state index >= 15 is 0 Å². The van der Waals surface area contributed by atoms with Crippen molar-refractivity contribution in [1.29, 1.82) is 0 Å². The molecule has 4 nitrogen and oxygen atoms in total. The van der Waals surface area contributed by atoms with Crippen molar-refractivity contribution < 1.29 is 0 Å². The topological polar surface area (TPSA) is 34.2 Å². The Hall–Kier alpha value is -6.13. The molecule has 1 aliphatic heterocycles. The van der Waals surface area contributed by atoms with Crippen molar-refractivity contribution in [2.24, 2.45) is 4.99 Å². The number of para-hydroxylation sites is 5. The molecule has 48 heavy (non-hydrogen) atoms. The number of aromatic nitrogens is 2. The molecule has 0 bridgehead atoms. The van der Waals surface area contributed by atoms with Crippen LogP contribution in [0.2, 0.25) is 0 Å². The molecule has 3 heterocycles. The minimum atomic E-state index is -0.170. The van der Waals surface area contributed by atoms with Crippen LogP contribution >= 0.6 is 0 Å². The zero-order valence-corrected chi connectivity index (χ0v) is 26.3. The minimum Gasteiger partial charge on any atom is -0.358 e. The van der Waals surface area contributed by atoms with Gasteiger partial charge in [-0.2, -0.15) is 0 Å². The molecule has 2 aliphatic rings. The maximum absolute atomic E-state index is 5.25. The molecule has 0 radical (unpaired) electrons. The van der Waals surface area contributed by atoms with Crippen molar-refractivity contribution >= 4 is 55.9 Å². The molecular weight excluding hydrogens is 585 g/mol. The van der Waals surface area contributed by atoms with Gasteiger partial charge in [0.15, 0.2) is 0 Å². The van der Waals surface area contributed by atoms with Gasteiger partial charge < -0.3 is 14.5 Å². The van der Waals surface area contributed by atoms with Crippen LogP contribution in [0.5, 0.6) is 0 Å². The average molecular weight is 617 g/mol. The van der Waals surface area contributed by atoms with Gasteiger partial charge in [-0.05, 0) is 72.2 Å². The zero-order valence-electron chi connectivity index (χ0n) is 26.3. The van der Waals surface area contributed by atoms with Crippen LogP contribution in [0.3, 0.4) is 0 Å². The third kappa shape index (κ3) is 4.12. The van der Waals surface area contributed by atoms with Crippen LogP contribution in [0.15, 0.2) is 163 Å². The van der Waals surface area contributed by atoms with Gasteiger partial charge in [0.1, 0.15) is 6.17 Å². The number of fused-ring (bicyclic) bond motifs is 7. The normalized spacial score (nSPS) is 16.9. The number of benzene rings is 6. The number of anilines is 1. The van der Waals surface area contributed by atoms with Crippen molar-refractivity contribution in [2.45, 2.75) is 18.5 Å². The maximum atomic E-state index is 5.25. The Bertz CT molecular complexity index is 2570. The molecule has 2 atom stereocenters. The lowest BCUT2D eigenvalue weighted by atomic mass is 9.86. The van der Waals surface area contributed by atoms with Gasteiger partial charge in [-0.15, -0.1) is 0 Å². The van der Waals surface area contributed by atoms with Crippen LogP contribution in [-0.4, -0.2) is 14.8 Å². The Morgan fingerprint density at radius 1 is 0.604 bits per heavy atom. The summed E-state index contributed by atoms with van der Waals surface area (Å²) in [7, 11) is 0. The van der Waals surface area contributed by atoms with Crippen LogP contribution in [-0.2, 0) is 6.42 Å². The van der Waals surface area contributed by atoms with E-state index in [-0.39, 0.29) is 12.1 Å². The SMILES string of the molecule is C1=CC(c2ccc3c(c2)c2ccccc2n3C2Nc3ccccc3N=C2c2ccccc2)Cc2c1n(-c1ccccc1)c1ccccc21. The zero-order chi connectivity index (χ0) is 31.6. The molecular formula is C44H32N4. The summed E-state index contributed by atoms with van der Waals surface area (Å²) < 4.78 is 4.86. The predicted octanol–water partition coefficient (Wildman–Crippen LogP) is 10.8. The summed E-state index contributed by atoms with van der Waals surface area (Å²) in [6, 6.07) is 54.3. The van der Waals surface area contributed by atoms with Gasteiger partial charge >= 0.3 is 0 Å². The van der Waals surface area contributed by atoms with E-state index in [9.17, 15) is 0 Å². The van der Waals surface area contributed by atoms with Crippen molar-refractivity contribution in [2.75, 3.05) is 5.32 Å². The molecule has 4 heteroatoms. The summed E-state index contributed by atoms with van der Waals surface area (Å²) in [6.07, 6.45) is 5.54. The highest BCUT2D eigenvalue weighted by atomic mass is 15.2. The lowest BCUT2D eigenvalue weighted by Gasteiger charge is -2.30. The summed E-state index contributed by atoms with van der Waals surface area (Å²) >= 11 is 0. The highest BCUT2D eigenvalue weighted by Gasteiger charge is 2.29. The first-order valence-corrected chi connectivity index (χ1v) is 16.7. The number of nitrogens with one attached hydrogen (secondary N) is 1. The third-order valence-electron chi connectivity index (χ3n) is 10.1. The molecule has 0 spiro atoms. The molecule has 1 N–H and O–H groups in total. The molecule has 2 aromatic heterocycles. The van der Waals surface area contributed by atoms with Crippen LogP contribution in [0.1, 0.15) is 34.5 Å². The molecule has 8 aromatic rings. The van der Waals surface area contributed by atoms with E-state index < -0.39 is 0 Å². The number of hydrogen-bond acceptors (Lipinski definition) is 2. The summed E-state index contributed by atoms with van der Waals surface area (Å²) in [5, 5.41) is 7.72. The molecule has 2 unspecified atom stereocenters. The Morgan fingerprint density at radius 2 is 1.29 bits per heavy atom. The Kier molecular flexibility index (Phi) is 6.03. The quantitative estimate of drug-likeness (QED) is 0.210. The van der Waals surface area contributed by atoms with Gasteiger partial charge in [0.25, 0.3) is 0 Å². The van der Waals surface area contributed by atoms with E-state index in [0.717, 1.165) is 29.1 Å². The van der Waals surface area contributed by atoms with Gasteiger partial charge in [0.2, 0.25) is 0 Å². The maximum Gasteiger partial charge on any atom is 0.148 e. The van der Waals surface area contributed by atoms with Crippen LogP contribution < -0.4 is 5.32 Å². The van der Waals surface area contributed by atoms with E-state index in [4.69, 9.17) is 4.99 Å². The second-order valence-corrected chi connectivity index (χ2v) is 12.8. The van der Waals surface area contributed by atoms with Gasteiger partial charge in [0.05, 0.1) is 33.6 Å². The Balaban J connectivity index is 1.11. The molecule has 228 valence electrons. The first-order valence-electron chi connectivity index (χ1n) is 16.7. The third-order valence-corrected chi connectivity index (χ3v) is 10.1. The number of rotatable bonds is 4. The van der Waals surface area contributed by atoms with Crippen molar-refractivity contribution in [3.63, 3.8) is 0 Å². The molecule has 0 fully saturated rings. The summed E-state index contributed by atoms with van der Waals surface area (Å²) in [5.74, 6) is 0.278. The predicted molar refractivity (Wildman–Crippen MR) is 200 cm³/mol. The number of allylic oxidation sites excluding steroid dienone is 1. The Labute approximate surface area is 278 Å². The summed E-state index contributed by atoms with van der Waals surface area (Å²) in [6.45, 7) is 0. The summed E-state index contributed by atoms with van der Waals surface area (Å²) in [4.78, 5) is 5.25. The first-order chi connectivity index (χ1) is 23.8. The molecule has 0 saturated carbocycles. The van der Waals surface area contributed by atoms with Gasteiger partial charge in [-0.25, -0.2) is 4.99 Å². The molecule has 1 aliphatic carbocycles. The number of aliphatic imine (C=N–C) groups is 1. The average Bonchev–Trinajstić information content (AvgIpc) is 3.67. The van der Waals surface area contributed by atoms with Crippen molar-refractivity contribution in [1.82, 2.24) is 9.13 Å². The van der Waals surface area contributed by atoms with Crippen LogP contribution in [0.25, 0.3) is 44.5 Å². The van der Waals surface area contributed by atoms with E-state index in [1.54, 1.807) is 0 Å². The Morgan fingerprint density at radius 3 is 2.15 bits per heavy atom. The number of hydrogen-bond donors (Lipinski definition) is 1. The number of nitrogens with zero attached hydrogens (tertiary/aromatic N) is 3. The van der Waals surface area contributed by atoms with Crippen LogP contribution in [0, 0.1) is 0 Å². The first kappa shape index (κ1) is 27.0. The van der Waals surface area contributed by atoms with Crippen molar-refractivity contribution in [3.05, 3.63) is 180 Å². The van der Waals surface area contributed by atoms with Gasteiger partial charge in [-0.1, -0.05) is 109 Å². The highest BCUT2D eigenvalue weighted by molar-refractivity contribution is 6.13. The lowest BCUT2D eigenvalue weighted by Crippen LogP contribution is -2.30. The van der Waals surface area contributed by atoms with Gasteiger partial charge in [-0.3, -0.25) is 0 Å². The van der Waals surface area contributed by atoms with Crippen molar-refractivity contribution in [3.8, 4) is 5.69 Å². The summed E-state index contributed by atoms with van der Waals surface area (Å²) in [5.41, 5.74) is 13.0. The molecule has 0 saturated heterocycles. The largest absolute Gasteiger partial charge is 0.358 e. The lowest BCUT2D eigenvalue weighted by molar-refractivity contribution is 0.758. The fourth-order valence-electron chi connectivity index (χ4n) is 7.94. The smallest absolute Gasteiger partial charge is 0.148 e. The second-order valence-electron chi connectivity index (χ2n) is 12.8. The molecule has 10 rings (SSSR count). The second kappa shape index (κ2) is 10.7. The molecule has 6 aromatic carbocycles. The monoisotopic (exact) mass is 616 g/mol. The van der Waals surface area contributed by atoms with Gasteiger partial charge in [0, 0.05) is 39.0 Å². The highest BCUT2D eigenvalue weighted by Crippen LogP contribution is 2.42. The van der Waals surface area contributed by atoms with E-state index in [1.807, 2.05) is 0 Å². The minimum absolute atomic E-state index is 0.170. The van der Waals surface area contributed by atoms with E-state index in [0.29, 0.717) is 0 Å². The fraction of sp³-hybridized carbons (Fsp3) is 0.0682.